The van der Waals surface area contributed by atoms with Crippen LogP contribution in [0.4, 0.5) is 0 Å². The van der Waals surface area contributed by atoms with Gasteiger partial charge in [-0.3, -0.25) is 9.97 Å². The molecule has 3 aromatic rings. The topological polar surface area (TPSA) is 37.8 Å². The minimum atomic E-state index is 0.884. The van der Waals surface area contributed by atoms with E-state index in [1.807, 2.05) is 19.3 Å². The van der Waals surface area contributed by atoms with E-state index < -0.39 is 0 Å². The molecule has 0 radical (unpaired) electrons. The summed E-state index contributed by atoms with van der Waals surface area (Å²) in [5.41, 5.74) is 4.74. The van der Waals surface area contributed by atoms with Gasteiger partial charge in [-0.2, -0.15) is 0 Å². The number of aryl methyl sites for hydroxylation is 1. The predicted molar refractivity (Wildman–Crippen MR) is 86.1 cm³/mol. The number of hydrogen-bond donors (Lipinski definition) is 1. The molecule has 0 amide bonds. The number of pyridine rings is 2. The van der Waals surface area contributed by atoms with Crippen LogP contribution in [-0.4, -0.2) is 16.5 Å². The average Bonchev–Trinajstić information content (AvgIpc) is 2.52. The Morgan fingerprint density at radius 2 is 1.81 bits per heavy atom. The van der Waals surface area contributed by atoms with E-state index in [-0.39, 0.29) is 0 Å². The third-order valence-corrected chi connectivity index (χ3v) is 3.56. The Morgan fingerprint density at radius 3 is 2.67 bits per heavy atom. The van der Waals surface area contributed by atoms with Crippen LogP contribution in [0.25, 0.3) is 10.9 Å². The van der Waals surface area contributed by atoms with Crippen LogP contribution in [0.15, 0.2) is 54.9 Å². The fraction of sp³-hybridized carbons (Fsp3) is 0.222. The molecule has 2 aromatic heterocycles. The van der Waals surface area contributed by atoms with Gasteiger partial charge in [0.2, 0.25) is 0 Å². The Labute approximate surface area is 125 Å². The number of hydrogen-bond acceptors (Lipinski definition) is 3. The second kappa shape index (κ2) is 6.46. The van der Waals surface area contributed by atoms with Gasteiger partial charge in [-0.05, 0) is 61.3 Å². The summed E-state index contributed by atoms with van der Waals surface area (Å²) in [6.45, 7) is 3.87. The molecule has 0 aliphatic rings. The summed E-state index contributed by atoms with van der Waals surface area (Å²) in [4.78, 5) is 8.56. The second-order valence-electron chi connectivity index (χ2n) is 5.26. The largest absolute Gasteiger partial charge is 0.312 e. The fourth-order valence-corrected chi connectivity index (χ4v) is 2.40. The Kier molecular flexibility index (Phi) is 4.22. The lowest BCUT2D eigenvalue weighted by molar-refractivity contribution is 0.687. The van der Waals surface area contributed by atoms with E-state index in [1.54, 1.807) is 0 Å². The first-order valence-electron chi connectivity index (χ1n) is 7.27. The highest BCUT2D eigenvalue weighted by atomic mass is 14.8. The van der Waals surface area contributed by atoms with Crippen LogP contribution in [0.2, 0.25) is 0 Å². The molecule has 0 aliphatic heterocycles. The number of rotatable bonds is 5. The zero-order chi connectivity index (χ0) is 14.5. The molecular formula is C18H19N3. The molecule has 0 atom stereocenters. The highest BCUT2D eigenvalue weighted by Gasteiger charge is 1.99. The lowest BCUT2D eigenvalue weighted by Crippen LogP contribution is -2.16. The molecule has 2 heterocycles. The molecule has 106 valence electrons. The molecule has 0 aliphatic carbocycles. The highest BCUT2D eigenvalue weighted by molar-refractivity contribution is 5.79. The van der Waals surface area contributed by atoms with Crippen molar-refractivity contribution in [3.8, 4) is 0 Å². The van der Waals surface area contributed by atoms with Gasteiger partial charge in [0.15, 0.2) is 0 Å². The molecule has 0 saturated heterocycles. The van der Waals surface area contributed by atoms with Crippen molar-refractivity contribution in [2.45, 2.75) is 19.9 Å². The van der Waals surface area contributed by atoms with Crippen molar-refractivity contribution >= 4 is 10.9 Å². The van der Waals surface area contributed by atoms with Gasteiger partial charge in [0.05, 0.1) is 5.52 Å². The first kappa shape index (κ1) is 13.7. The summed E-state index contributed by atoms with van der Waals surface area (Å²) in [6, 6.07) is 14.8. The fourth-order valence-electron chi connectivity index (χ4n) is 2.40. The van der Waals surface area contributed by atoms with Crippen molar-refractivity contribution in [3.05, 3.63) is 71.7 Å². The van der Waals surface area contributed by atoms with Crippen molar-refractivity contribution in [2.24, 2.45) is 0 Å². The Morgan fingerprint density at radius 1 is 0.952 bits per heavy atom. The zero-order valence-corrected chi connectivity index (χ0v) is 12.2. The van der Waals surface area contributed by atoms with Gasteiger partial charge in [-0.25, -0.2) is 0 Å². The van der Waals surface area contributed by atoms with E-state index in [0.717, 1.165) is 30.7 Å². The van der Waals surface area contributed by atoms with Gasteiger partial charge in [-0.15, -0.1) is 0 Å². The third-order valence-electron chi connectivity index (χ3n) is 3.56. The maximum atomic E-state index is 4.53. The molecule has 0 saturated carbocycles. The van der Waals surface area contributed by atoms with Gasteiger partial charge in [-0.1, -0.05) is 12.1 Å². The van der Waals surface area contributed by atoms with Crippen LogP contribution in [0.5, 0.6) is 0 Å². The minimum Gasteiger partial charge on any atom is -0.312 e. The maximum Gasteiger partial charge on any atom is 0.0705 e. The van der Waals surface area contributed by atoms with Crippen molar-refractivity contribution in [1.82, 2.24) is 15.3 Å². The van der Waals surface area contributed by atoms with Crippen LogP contribution in [0, 0.1) is 6.92 Å². The molecule has 3 rings (SSSR count). The molecule has 21 heavy (non-hydrogen) atoms. The van der Waals surface area contributed by atoms with Crippen molar-refractivity contribution < 1.29 is 0 Å². The summed E-state index contributed by atoms with van der Waals surface area (Å²) in [5.74, 6) is 0. The first-order valence-corrected chi connectivity index (χ1v) is 7.27. The number of nitrogens with zero attached hydrogens (tertiary/aromatic N) is 2. The van der Waals surface area contributed by atoms with Crippen molar-refractivity contribution in [3.63, 3.8) is 0 Å². The van der Waals surface area contributed by atoms with E-state index in [4.69, 9.17) is 0 Å². The molecule has 0 bridgehead atoms. The van der Waals surface area contributed by atoms with Gasteiger partial charge in [0, 0.05) is 30.0 Å². The maximum absolute atomic E-state index is 4.53. The average molecular weight is 277 g/mol. The van der Waals surface area contributed by atoms with Gasteiger partial charge in [0.25, 0.3) is 0 Å². The second-order valence-corrected chi connectivity index (χ2v) is 5.26. The zero-order valence-electron chi connectivity index (χ0n) is 12.2. The van der Waals surface area contributed by atoms with Gasteiger partial charge < -0.3 is 5.32 Å². The summed E-state index contributed by atoms with van der Waals surface area (Å²) >= 11 is 0. The molecule has 3 heteroatoms. The highest BCUT2D eigenvalue weighted by Crippen LogP contribution is 2.14. The van der Waals surface area contributed by atoms with Crippen LogP contribution in [-0.2, 0) is 13.0 Å². The monoisotopic (exact) mass is 277 g/mol. The molecule has 0 unspecified atom stereocenters. The number of benzene rings is 1. The Balaban J connectivity index is 1.57. The van der Waals surface area contributed by atoms with Crippen LogP contribution < -0.4 is 5.32 Å². The number of nitrogens with one attached hydrogen (secondary N) is 1. The molecule has 0 spiro atoms. The van der Waals surface area contributed by atoms with Crippen LogP contribution in [0.1, 0.15) is 16.8 Å². The summed E-state index contributed by atoms with van der Waals surface area (Å²) in [5, 5.41) is 4.69. The van der Waals surface area contributed by atoms with Gasteiger partial charge in [0.1, 0.15) is 0 Å². The smallest absolute Gasteiger partial charge is 0.0705 e. The SMILES string of the molecule is Cc1ccc2cc(CNCCc3ccncc3)ccc2n1. The van der Waals surface area contributed by atoms with E-state index >= 15 is 0 Å². The van der Waals surface area contributed by atoms with E-state index in [9.17, 15) is 0 Å². The van der Waals surface area contributed by atoms with E-state index in [0.29, 0.717) is 0 Å². The molecule has 1 aromatic carbocycles. The van der Waals surface area contributed by atoms with Crippen LogP contribution in [0.3, 0.4) is 0 Å². The van der Waals surface area contributed by atoms with Crippen LogP contribution >= 0.6 is 0 Å². The van der Waals surface area contributed by atoms with Crippen molar-refractivity contribution in [1.29, 1.82) is 0 Å². The molecule has 3 nitrogen and oxygen atoms in total. The Hall–Kier alpha value is -2.26. The normalized spacial score (nSPS) is 10.9. The standard InChI is InChI=1S/C18H19N3/c1-14-2-4-17-12-16(3-5-18(17)21-14)13-20-11-8-15-6-9-19-10-7-15/h2-7,9-10,12,20H,8,11,13H2,1H3. The lowest BCUT2D eigenvalue weighted by Gasteiger charge is -2.06. The molecule has 0 fully saturated rings. The molecular weight excluding hydrogens is 258 g/mol. The summed E-state index contributed by atoms with van der Waals surface area (Å²) < 4.78 is 0. The minimum absolute atomic E-state index is 0.884. The molecule has 1 N–H and O–H groups in total. The van der Waals surface area contributed by atoms with Crippen molar-refractivity contribution in [2.75, 3.05) is 6.54 Å². The van der Waals surface area contributed by atoms with E-state index in [2.05, 4.69) is 57.7 Å². The lowest BCUT2D eigenvalue weighted by atomic mass is 10.1. The quantitative estimate of drug-likeness (QED) is 0.727. The summed E-state index contributed by atoms with van der Waals surface area (Å²) in [7, 11) is 0. The number of fused-ring (bicyclic) bond motifs is 1. The summed E-state index contributed by atoms with van der Waals surface area (Å²) in [6.07, 6.45) is 4.71. The predicted octanol–water partition coefficient (Wildman–Crippen LogP) is 3.27. The van der Waals surface area contributed by atoms with Gasteiger partial charge >= 0.3 is 0 Å². The Bertz CT molecular complexity index is 723. The third kappa shape index (κ3) is 3.64. The van der Waals surface area contributed by atoms with E-state index in [1.165, 1.54) is 16.5 Å². The number of aromatic nitrogens is 2. The first-order chi connectivity index (χ1) is 10.3.